The van der Waals surface area contributed by atoms with Gasteiger partial charge in [0.25, 0.3) is 23.6 Å². The lowest BCUT2D eigenvalue weighted by atomic mass is 9.89. The van der Waals surface area contributed by atoms with E-state index in [-0.39, 0.29) is 57.8 Å². The van der Waals surface area contributed by atoms with Crippen LogP contribution in [0, 0.1) is 5.92 Å². The molecule has 14 heteroatoms. The van der Waals surface area contributed by atoms with Crippen LogP contribution in [0.25, 0.3) is 0 Å². The molecule has 0 bridgehead atoms. The number of carbonyl (C=O) groups is 8. The van der Waals surface area contributed by atoms with Crippen molar-refractivity contribution in [3.63, 3.8) is 0 Å². The van der Waals surface area contributed by atoms with Crippen molar-refractivity contribution in [2.45, 2.75) is 82.7 Å². The maximum Gasteiger partial charge on any atom is 0.349 e. The normalized spacial score (nSPS) is 22.8. The van der Waals surface area contributed by atoms with Crippen LogP contribution in [0.4, 0.5) is 0 Å². The fraction of sp³-hybridized carbons (Fsp3) is 0.636. The number of carboxylic acid groups (broad SMARTS) is 1. The minimum absolute atomic E-state index is 0.0205. The molecule has 36 heavy (non-hydrogen) atoms. The molecule has 3 heterocycles. The van der Waals surface area contributed by atoms with E-state index in [1.807, 2.05) is 0 Å². The number of ketones is 1. The Morgan fingerprint density at radius 1 is 0.833 bits per heavy atom. The van der Waals surface area contributed by atoms with E-state index in [2.05, 4.69) is 5.32 Å². The molecule has 0 spiro atoms. The van der Waals surface area contributed by atoms with E-state index in [9.17, 15) is 43.5 Å². The highest BCUT2D eigenvalue weighted by molar-refractivity contribution is 6.02. The third kappa shape index (κ3) is 6.71. The molecule has 3 unspecified atom stereocenters. The van der Waals surface area contributed by atoms with Gasteiger partial charge in [-0.15, -0.1) is 10.1 Å². The summed E-state index contributed by atoms with van der Waals surface area (Å²) in [4.78, 5) is 104. The zero-order valence-electron chi connectivity index (χ0n) is 19.4. The van der Waals surface area contributed by atoms with Crippen LogP contribution < -0.4 is 5.32 Å². The summed E-state index contributed by atoms with van der Waals surface area (Å²) < 4.78 is 0. The fourth-order valence-corrected chi connectivity index (χ4v) is 4.27. The summed E-state index contributed by atoms with van der Waals surface area (Å²) in [5.41, 5.74) is 0. The van der Waals surface area contributed by atoms with Crippen LogP contribution in [0.5, 0.6) is 0 Å². The van der Waals surface area contributed by atoms with Crippen molar-refractivity contribution in [3.05, 3.63) is 0 Å². The second kappa shape index (κ2) is 11.8. The highest BCUT2D eigenvalue weighted by atomic mass is 16.7. The number of hydrogen-bond donors (Lipinski definition) is 2. The van der Waals surface area contributed by atoms with E-state index in [1.54, 1.807) is 0 Å². The monoisotopic (exact) mass is 509 g/mol. The molecular formula is C22H27N3O11. The first-order valence-electron chi connectivity index (χ1n) is 11.7. The van der Waals surface area contributed by atoms with Gasteiger partial charge in [-0.3, -0.25) is 34.1 Å². The number of imide groups is 2. The Labute approximate surface area is 205 Å². The van der Waals surface area contributed by atoms with Crippen molar-refractivity contribution in [1.82, 2.24) is 15.4 Å². The number of hydrogen-bond acceptors (Lipinski definition) is 11. The predicted octanol–water partition coefficient (Wildman–Crippen LogP) is -0.458. The number of carbonyl (C=O) groups excluding carboxylic acids is 7. The molecule has 3 rings (SSSR count). The van der Waals surface area contributed by atoms with E-state index < -0.39 is 71.7 Å². The van der Waals surface area contributed by atoms with Crippen LogP contribution >= 0.6 is 0 Å². The topological polar surface area (TPSA) is 194 Å². The predicted molar refractivity (Wildman–Crippen MR) is 114 cm³/mol. The number of Topliss-reactive ketones (excluding diaryl/α,β-unsaturated/α-hetero) is 1. The molecule has 0 aromatic heterocycles. The summed E-state index contributed by atoms with van der Waals surface area (Å²) in [6.07, 6.45) is 0.430. The van der Waals surface area contributed by atoms with Gasteiger partial charge >= 0.3 is 17.9 Å². The molecule has 4 amide bonds. The SMILES string of the molecule is O=C(O)CC(CCCCC(=O)ON1C(=O)CCC1=O)C(=O)C1CCC(C(=O)ON2C(=O)CCC2=O)N1. The molecule has 0 aromatic rings. The standard InChI is InChI=1S/C22H27N3O11/c26-15-7-8-16(27)24(15)35-20(32)4-2-1-3-12(11-19(30)31)21(33)13-5-6-14(23-13)22(34)36-25-17(28)9-10-18(25)29/h12-14,23H,1-11H2,(H,30,31). The van der Waals surface area contributed by atoms with Gasteiger partial charge in [0.05, 0.1) is 12.5 Å². The zero-order valence-corrected chi connectivity index (χ0v) is 19.4. The van der Waals surface area contributed by atoms with E-state index >= 15 is 0 Å². The number of rotatable bonds is 12. The van der Waals surface area contributed by atoms with Gasteiger partial charge < -0.3 is 14.8 Å². The number of nitrogens with one attached hydrogen (secondary N) is 1. The smallest absolute Gasteiger partial charge is 0.349 e. The summed E-state index contributed by atoms with van der Waals surface area (Å²) in [5.74, 6) is -6.56. The summed E-state index contributed by atoms with van der Waals surface area (Å²) >= 11 is 0. The maximum absolute atomic E-state index is 13.0. The lowest BCUT2D eigenvalue weighted by molar-refractivity contribution is -0.198. The van der Waals surface area contributed by atoms with Crippen molar-refractivity contribution in [3.8, 4) is 0 Å². The minimum Gasteiger partial charge on any atom is -0.481 e. The largest absolute Gasteiger partial charge is 0.481 e. The molecule has 0 radical (unpaired) electrons. The van der Waals surface area contributed by atoms with E-state index in [4.69, 9.17) is 9.68 Å². The first-order chi connectivity index (χ1) is 17.1. The molecule has 0 aromatic carbocycles. The minimum atomic E-state index is -1.18. The molecule has 3 aliphatic rings. The molecule has 3 saturated heterocycles. The third-order valence-electron chi connectivity index (χ3n) is 6.17. The molecule has 0 saturated carbocycles. The Bertz CT molecular complexity index is 946. The maximum atomic E-state index is 13.0. The molecule has 3 aliphatic heterocycles. The van der Waals surface area contributed by atoms with Gasteiger partial charge in [0.1, 0.15) is 6.04 Å². The van der Waals surface area contributed by atoms with Gasteiger partial charge in [0, 0.05) is 38.0 Å². The first-order valence-corrected chi connectivity index (χ1v) is 11.7. The van der Waals surface area contributed by atoms with Crippen molar-refractivity contribution in [2.75, 3.05) is 0 Å². The quantitative estimate of drug-likeness (QED) is 0.254. The van der Waals surface area contributed by atoms with Gasteiger partial charge in [-0.2, -0.15) is 0 Å². The summed E-state index contributed by atoms with van der Waals surface area (Å²) in [5, 5.41) is 12.9. The third-order valence-corrected chi connectivity index (χ3v) is 6.17. The van der Waals surface area contributed by atoms with Crippen LogP contribution in [0.1, 0.15) is 70.6 Å². The van der Waals surface area contributed by atoms with Gasteiger partial charge in [-0.1, -0.05) is 6.42 Å². The Kier molecular flexibility index (Phi) is 8.85. The molecular weight excluding hydrogens is 482 g/mol. The number of nitrogens with zero attached hydrogens (tertiary/aromatic N) is 2. The van der Waals surface area contributed by atoms with E-state index in [0.29, 0.717) is 16.5 Å². The lowest BCUT2D eigenvalue weighted by Gasteiger charge is -2.20. The summed E-state index contributed by atoms with van der Waals surface area (Å²) in [7, 11) is 0. The van der Waals surface area contributed by atoms with Gasteiger partial charge in [-0.05, 0) is 25.7 Å². The second-order valence-electron chi connectivity index (χ2n) is 8.83. The molecule has 2 N–H and O–H groups in total. The molecule has 196 valence electrons. The number of hydroxylamine groups is 4. The Morgan fingerprint density at radius 2 is 1.36 bits per heavy atom. The van der Waals surface area contributed by atoms with Crippen LogP contribution in [0.15, 0.2) is 0 Å². The Morgan fingerprint density at radius 3 is 1.92 bits per heavy atom. The van der Waals surface area contributed by atoms with Crippen LogP contribution in [-0.4, -0.2) is 74.6 Å². The highest BCUT2D eigenvalue weighted by Crippen LogP contribution is 2.24. The van der Waals surface area contributed by atoms with Crippen LogP contribution in [0.2, 0.25) is 0 Å². The number of unbranched alkanes of at least 4 members (excludes halogenated alkanes) is 1. The summed E-state index contributed by atoms with van der Waals surface area (Å²) in [6, 6.07) is -1.74. The highest BCUT2D eigenvalue weighted by Gasteiger charge is 2.40. The van der Waals surface area contributed by atoms with Gasteiger partial charge in [-0.25, -0.2) is 9.59 Å². The van der Waals surface area contributed by atoms with Crippen molar-refractivity contribution < 1.29 is 53.1 Å². The van der Waals surface area contributed by atoms with Crippen molar-refractivity contribution in [1.29, 1.82) is 0 Å². The molecule has 3 atom stereocenters. The lowest BCUT2D eigenvalue weighted by Crippen LogP contribution is -2.45. The average molecular weight is 509 g/mol. The van der Waals surface area contributed by atoms with Crippen LogP contribution in [-0.2, 0) is 48.0 Å². The van der Waals surface area contributed by atoms with Gasteiger partial charge in [0.2, 0.25) is 0 Å². The first kappa shape index (κ1) is 26.9. The number of amides is 4. The number of aliphatic carboxylic acids is 1. The second-order valence-corrected chi connectivity index (χ2v) is 8.83. The number of carboxylic acids is 1. The van der Waals surface area contributed by atoms with E-state index in [0.717, 1.165) is 0 Å². The van der Waals surface area contributed by atoms with E-state index in [1.165, 1.54) is 0 Å². The average Bonchev–Trinajstić information content (AvgIpc) is 3.52. The molecule has 14 nitrogen and oxygen atoms in total. The molecule has 3 fully saturated rings. The zero-order chi connectivity index (χ0) is 26.4. The Balaban J connectivity index is 1.45. The molecule has 0 aliphatic carbocycles. The van der Waals surface area contributed by atoms with Crippen LogP contribution in [0.3, 0.4) is 0 Å². The van der Waals surface area contributed by atoms with Crippen molar-refractivity contribution >= 4 is 47.3 Å². The fourth-order valence-electron chi connectivity index (χ4n) is 4.27. The van der Waals surface area contributed by atoms with Gasteiger partial charge in [0.15, 0.2) is 5.78 Å². The van der Waals surface area contributed by atoms with Crippen molar-refractivity contribution in [2.24, 2.45) is 5.92 Å². The Hall–Kier alpha value is -3.68. The summed E-state index contributed by atoms with van der Waals surface area (Å²) in [6.45, 7) is 0.